The number of pyridine rings is 1. The van der Waals surface area contributed by atoms with Gasteiger partial charge in [0.25, 0.3) is 0 Å². The summed E-state index contributed by atoms with van der Waals surface area (Å²) in [6, 6.07) is 11.4. The highest BCUT2D eigenvalue weighted by Gasteiger charge is 2.34. The molecule has 0 aliphatic heterocycles. The summed E-state index contributed by atoms with van der Waals surface area (Å²) in [7, 11) is 0. The van der Waals surface area contributed by atoms with Gasteiger partial charge in [-0.2, -0.15) is 26.3 Å². The third-order valence-electron chi connectivity index (χ3n) is 7.29. The van der Waals surface area contributed by atoms with Crippen molar-refractivity contribution in [3.8, 4) is 23.0 Å². The zero-order valence-electron chi connectivity index (χ0n) is 26.0. The number of hydrogen-bond acceptors (Lipinski definition) is 6. The van der Waals surface area contributed by atoms with Crippen molar-refractivity contribution in [1.82, 2.24) is 20.3 Å². The maximum Gasteiger partial charge on any atom is 0.432 e. The molecule has 0 spiro atoms. The number of carbonyl (C=O) groups excluding carboxylic acids is 2. The van der Waals surface area contributed by atoms with E-state index in [9.17, 15) is 35.9 Å². The molecule has 254 valence electrons. The molecule has 1 unspecified atom stereocenters. The molecule has 9 nitrogen and oxygen atoms in total. The number of alkyl carbamates (subject to hydrolysis) is 1. The fraction of sp³-hybridized carbons (Fsp3) is 0.333. The number of ether oxygens (including phenoxy) is 2. The van der Waals surface area contributed by atoms with Crippen LogP contribution in [0.4, 0.5) is 36.8 Å². The largest absolute Gasteiger partial charge is 0.457 e. The van der Waals surface area contributed by atoms with E-state index in [0.717, 1.165) is 23.3 Å². The van der Waals surface area contributed by atoms with Gasteiger partial charge in [-0.1, -0.05) is 6.07 Å². The van der Waals surface area contributed by atoms with Crippen LogP contribution in [-0.2, 0) is 41.3 Å². The lowest BCUT2D eigenvalue weighted by molar-refractivity contribution is -0.141. The Bertz CT molecular complexity index is 1810. The minimum Gasteiger partial charge on any atom is -0.457 e. The second-order valence-corrected chi connectivity index (χ2v) is 12.3. The standard InChI is InChI=1S/C33H31F6N5O4/c1-31(2,3)48-30(46)42-16-18-10-22(32(34,35)36)14-23(11-18)43-29(45)20-5-4-19-6-7-24(13-21(19)12-20)47-25-8-9-40-26(15-25)28-41-17-27(44-28)33(37,38)39/h6-11,13-15,17,20H,4-5,12,16H2,1-3H3,(H,41,44)(H,42,46)(H,43,45). The van der Waals surface area contributed by atoms with Gasteiger partial charge in [0.15, 0.2) is 5.82 Å². The maximum atomic E-state index is 13.7. The Hall–Kier alpha value is -5.08. The second kappa shape index (κ2) is 13.2. The fourth-order valence-electron chi connectivity index (χ4n) is 5.12. The lowest BCUT2D eigenvalue weighted by Gasteiger charge is -2.25. The molecule has 0 radical (unpaired) electrons. The van der Waals surface area contributed by atoms with Crippen LogP contribution in [0.2, 0.25) is 0 Å². The number of hydrogen-bond donors (Lipinski definition) is 3. The van der Waals surface area contributed by atoms with Crippen molar-refractivity contribution in [1.29, 1.82) is 0 Å². The molecule has 5 rings (SSSR count). The molecule has 15 heteroatoms. The summed E-state index contributed by atoms with van der Waals surface area (Å²) in [4.78, 5) is 35.3. The van der Waals surface area contributed by atoms with Crippen molar-refractivity contribution in [2.75, 3.05) is 5.32 Å². The zero-order chi connectivity index (χ0) is 34.9. The first kappa shape index (κ1) is 34.3. The summed E-state index contributed by atoms with van der Waals surface area (Å²) in [6.07, 6.45) is -6.74. The molecule has 1 aliphatic rings. The highest BCUT2D eigenvalue weighted by molar-refractivity contribution is 5.93. The molecule has 3 N–H and O–H groups in total. The van der Waals surface area contributed by atoms with E-state index in [2.05, 4.69) is 25.6 Å². The van der Waals surface area contributed by atoms with E-state index in [1.165, 1.54) is 24.4 Å². The van der Waals surface area contributed by atoms with Crippen LogP contribution in [0, 0.1) is 5.92 Å². The van der Waals surface area contributed by atoms with E-state index >= 15 is 0 Å². The van der Waals surface area contributed by atoms with Crippen molar-refractivity contribution in [2.24, 2.45) is 5.92 Å². The Labute approximate surface area is 271 Å². The molecule has 48 heavy (non-hydrogen) atoms. The van der Waals surface area contributed by atoms with Gasteiger partial charge in [0.05, 0.1) is 11.8 Å². The average Bonchev–Trinajstić information content (AvgIpc) is 3.50. The molecule has 2 aromatic heterocycles. The minimum atomic E-state index is -4.69. The number of aromatic nitrogens is 3. The molecule has 2 aromatic carbocycles. The fourth-order valence-corrected chi connectivity index (χ4v) is 5.12. The Morgan fingerprint density at radius 3 is 2.35 bits per heavy atom. The lowest BCUT2D eigenvalue weighted by atomic mass is 9.83. The van der Waals surface area contributed by atoms with Crippen LogP contribution < -0.4 is 15.4 Å². The first-order chi connectivity index (χ1) is 22.4. The number of amides is 2. The van der Waals surface area contributed by atoms with Crippen molar-refractivity contribution < 1.29 is 45.4 Å². The Morgan fingerprint density at radius 1 is 0.917 bits per heavy atom. The summed E-state index contributed by atoms with van der Waals surface area (Å²) >= 11 is 0. The maximum absolute atomic E-state index is 13.7. The Morgan fingerprint density at radius 2 is 1.67 bits per heavy atom. The average molecular weight is 676 g/mol. The van der Waals surface area contributed by atoms with Crippen molar-refractivity contribution in [2.45, 2.75) is 64.5 Å². The number of carbonyl (C=O) groups is 2. The molecule has 1 atom stereocenters. The van der Waals surface area contributed by atoms with Crippen LogP contribution in [-0.4, -0.2) is 32.6 Å². The molecule has 2 amide bonds. The van der Waals surface area contributed by atoms with Crippen molar-refractivity contribution in [3.05, 3.63) is 88.9 Å². The molecule has 1 aliphatic carbocycles. The van der Waals surface area contributed by atoms with Crippen LogP contribution in [0.3, 0.4) is 0 Å². The SMILES string of the molecule is CC(C)(C)OC(=O)NCc1cc(NC(=O)C2CCc3ccc(Oc4ccnc(-c5ncc(C(F)(F)F)[nH]5)c4)cc3C2)cc(C(F)(F)F)c1. The predicted octanol–water partition coefficient (Wildman–Crippen LogP) is 8.07. The number of imidazole rings is 1. The highest BCUT2D eigenvalue weighted by Crippen LogP contribution is 2.35. The number of anilines is 1. The summed E-state index contributed by atoms with van der Waals surface area (Å²) in [6.45, 7) is 4.71. The molecule has 4 aromatic rings. The first-order valence-electron chi connectivity index (χ1n) is 14.8. The van der Waals surface area contributed by atoms with Gasteiger partial charge in [-0.25, -0.2) is 9.78 Å². The summed E-state index contributed by atoms with van der Waals surface area (Å²) < 4.78 is 91.1. The Balaban J connectivity index is 1.27. The second-order valence-electron chi connectivity index (χ2n) is 12.3. The van der Waals surface area contributed by atoms with E-state index in [0.29, 0.717) is 31.2 Å². The number of rotatable bonds is 7. The molecular weight excluding hydrogens is 644 g/mol. The molecule has 0 saturated heterocycles. The number of aromatic amines is 1. The van der Waals surface area contributed by atoms with Crippen LogP contribution >= 0.6 is 0 Å². The number of aryl methyl sites for hydroxylation is 1. The van der Waals surface area contributed by atoms with E-state index in [-0.39, 0.29) is 35.1 Å². The van der Waals surface area contributed by atoms with Gasteiger partial charge in [-0.05, 0) is 93.1 Å². The van der Waals surface area contributed by atoms with E-state index in [1.54, 1.807) is 32.9 Å². The number of nitrogens with zero attached hydrogens (tertiary/aromatic N) is 2. The number of benzene rings is 2. The quantitative estimate of drug-likeness (QED) is 0.171. The van der Waals surface area contributed by atoms with Crippen LogP contribution in [0.25, 0.3) is 11.5 Å². The monoisotopic (exact) mass is 675 g/mol. The number of fused-ring (bicyclic) bond motifs is 1. The van der Waals surface area contributed by atoms with Gasteiger partial charge in [0.1, 0.15) is 28.5 Å². The summed E-state index contributed by atoms with van der Waals surface area (Å²) in [5.41, 5.74) is -0.812. The van der Waals surface area contributed by atoms with E-state index in [4.69, 9.17) is 9.47 Å². The normalized spacial score (nSPS) is 15.0. The number of nitrogens with one attached hydrogen (secondary N) is 3. The molecule has 0 saturated carbocycles. The zero-order valence-corrected chi connectivity index (χ0v) is 26.0. The van der Waals surface area contributed by atoms with E-state index < -0.39 is 47.1 Å². The van der Waals surface area contributed by atoms with E-state index in [1.807, 2.05) is 6.07 Å². The van der Waals surface area contributed by atoms with Crippen molar-refractivity contribution in [3.63, 3.8) is 0 Å². The molecule has 0 bridgehead atoms. The van der Waals surface area contributed by atoms with Crippen LogP contribution in [0.15, 0.2) is 60.9 Å². The topological polar surface area (TPSA) is 118 Å². The van der Waals surface area contributed by atoms with Gasteiger partial charge in [0, 0.05) is 30.4 Å². The first-order valence-corrected chi connectivity index (χ1v) is 14.8. The molecule has 0 fully saturated rings. The highest BCUT2D eigenvalue weighted by atomic mass is 19.4. The smallest absolute Gasteiger partial charge is 0.432 e. The van der Waals surface area contributed by atoms with Gasteiger partial charge in [-0.15, -0.1) is 0 Å². The minimum absolute atomic E-state index is 0.0638. The number of alkyl halides is 6. The van der Waals surface area contributed by atoms with Gasteiger partial charge in [0.2, 0.25) is 5.91 Å². The van der Waals surface area contributed by atoms with Gasteiger partial charge in [-0.3, -0.25) is 9.78 Å². The third-order valence-corrected chi connectivity index (χ3v) is 7.29. The molecule has 2 heterocycles. The Kier molecular flexibility index (Phi) is 9.42. The van der Waals surface area contributed by atoms with Crippen LogP contribution in [0.5, 0.6) is 11.5 Å². The summed E-state index contributed by atoms with van der Waals surface area (Å²) in [5, 5.41) is 5.04. The summed E-state index contributed by atoms with van der Waals surface area (Å²) in [5.74, 6) is -0.411. The lowest BCUT2D eigenvalue weighted by Crippen LogP contribution is -2.32. The third kappa shape index (κ3) is 8.83. The molecular formula is C33H31F6N5O4. The number of H-pyrrole nitrogens is 1. The number of halogens is 6. The van der Waals surface area contributed by atoms with Crippen molar-refractivity contribution >= 4 is 17.7 Å². The van der Waals surface area contributed by atoms with Gasteiger partial charge < -0.3 is 25.1 Å². The van der Waals surface area contributed by atoms with Crippen LogP contribution in [0.1, 0.15) is 55.1 Å². The predicted molar refractivity (Wildman–Crippen MR) is 162 cm³/mol. The van der Waals surface area contributed by atoms with Gasteiger partial charge >= 0.3 is 18.4 Å².